The highest BCUT2D eigenvalue weighted by molar-refractivity contribution is 6.95. The van der Waals surface area contributed by atoms with Crippen LogP contribution in [0.3, 0.4) is 0 Å². The zero-order valence-electron chi connectivity index (χ0n) is 17.4. The van der Waals surface area contributed by atoms with Crippen molar-refractivity contribution in [2.75, 3.05) is 11.9 Å². The Bertz CT molecular complexity index is 822. The number of rotatable bonds is 9. The molecule has 1 aromatic carbocycles. The van der Waals surface area contributed by atoms with E-state index in [-0.39, 0.29) is 10.6 Å². The van der Waals surface area contributed by atoms with Gasteiger partial charge >= 0.3 is 30.2 Å². The van der Waals surface area contributed by atoms with E-state index in [1.807, 2.05) is 13.8 Å². The molecule has 1 aromatic rings. The molecular formula is C19H22F9NO2Si. The van der Waals surface area contributed by atoms with Crippen molar-refractivity contribution < 1.29 is 49.0 Å². The van der Waals surface area contributed by atoms with Crippen LogP contribution < -0.4 is 10.1 Å². The summed E-state index contributed by atoms with van der Waals surface area (Å²) in [7, 11) is -1.65. The monoisotopic (exact) mass is 495 g/mol. The average Bonchev–Trinajstić information content (AvgIpc) is 2.65. The van der Waals surface area contributed by atoms with Crippen molar-refractivity contribution in [2.24, 2.45) is 0 Å². The first-order valence-electron chi connectivity index (χ1n) is 9.30. The van der Waals surface area contributed by atoms with E-state index in [0.717, 1.165) is 6.07 Å². The minimum Gasteiger partial charge on any atom is -0.310 e. The Morgan fingerprint density at radius 2 is 1.59 bits per heavy atom. The normalized spacial score (nSPS) is 15.2. The molecule has 0 fully saturated rings. The summed E-state index contributed by atoms with van der Waals surface area (Å²) < 4.78 is 121. The van der Waals surface area contributed by atoms with Gasteiger partial charge in [0.25, 0.3) is 0 Å². The molecule has 1 rings (SSSR count). The molecule has 0 radical (unpaired) electrons. The van der Waals surface area contributed by atoms with Crippen LogP contribution in [0.4, 0.5) is 45.2 Å². The second kappa shape index (κ2) is 9.46. The number of halogens is 9. The van der Waals surface area contributed by atoms with Crippen LogP contribution in [0.25, 0.3) is 0 Å². The summed E-state index contributed by atoms with van der Waals surface area (Å²) in [5, 5.41) is 0.634. The number of hydrogen-bond donors (Lipinski definition) is 0. The maximum absolute atomic E-state index is 14.6. The summed E-state index contributed by atoms with van der Waals surface area (Å²) in [6.07, 6.45) is -20.9. The fourth-order valence-electron chi connectivity index (χ4n) is 3.12. The Morgan fingerprint density at radius 3 is 2.00 bits per heavy atom. The Balaban J connectivity index is 3.42. The Hall–Kier alpha value is -2.02. The molecule has 0 aromatic heterocycles. The van der Waals surface area contributed by atoms with E-state index in [1.54, 1.807) is 11.8 Å². The molecule has 32 heavy (non-hydrogen) atoms. The molecule has 0 aliphatic rings. The first kappa shape index (κ1) is 28.0. The highest BCUT2D eigenvalue weighted by Crippen LogP contribution is 2.44. The van der Waals surface area contributed by atoms with Gasteiger partial charge in [0.1, 0.15) is 14.5 Å². The lowest BCUT2D eigenvalue weighted by molar-refractivity contribution is -0.406. The zero-order valence-corrected chi connectivity index (χ0v) is 18.4. The van der Waals surface area contributed by atoms with Gasteiger partial charge in [-0.25, -0.2) is 0 Å². The molecular weight excluding hydrogens is 473 g/mol. The molecule has 0 saturated carbocycles. The molecule has 0 heterocycles. The predicted molar refractivity (Wildman–Crippen MR) is 103 cm³/mol. The summed E-state index contributed by atoms with van der Waals surface area (Å²) in [5.41, 5.74) is 1.44. The highest BCUT2D eigenvalue weighted by atomic mass is 28.3. The van der Waals surface area contributed by atoms with Gasteiger partial charge in [0.05, 0.1) is 0 Å². The number of hydrogen-bond acceptors (Lipinski definition) is 2. The standard InChI is InChI=1S/C19H22F9NO2Si/c1-5-32(6-2,7-3)14-10-8-9-13(11-14)29(4)15(30)18(25,19(26,27)28)31-17(23,24)12-16(20,21)22/h5,8-11H,1,6-7,12H2,2-4H3. The van der Waals surface area contributed by atoms with Crippen LogP contribution >= 0.6 is 0 Å². The molecule has 0 aliphatic carbocycles. The lowest BCUT2D eigenvalue weighted by atomic mass is 10.2. The van der Waals surface area contributed by atoms with Gasteiger partial charge in [0, 0.05) is 12.7 Å². The molecule has 0 saturated heterocycles. The summed E-state index contributed by atoms with van der Waals surface area (Å²) in [4.78, 5) is 12.4. The number of nitrogens with zero attached hydrogens (tertiary/aromatic N) is 1. The molecule has 0 bridgehead atoms. The lowest BCUT2D eigenvalue weighted by Gasteiger charge is -2.34. The number of carbonyl (C=O) groups is 1. The molecule has 3 nitrogen and oxygen atoms in total. The maximum Gasteiger partial charge on any atom is 0.458 e. The van der Waals surface area contributed by atoms with Crippen LogP contribution in [0.5, 0.6) is 0 Å². The average molecular weight is 495 g/mol. The molecule has 0 aliphatic heterocycles. The van der Waals surface area contributed by atoms with Gasteiger partial charge < -0.3 is 4.90 Å². The van der Waals surface area contributed by atoms with Crippen molar-refractivity contribution in [2.45, 2.75) is 56.7 Å². The largest absolute Gasteiger partial charge is 0.458 e. The number of anilines is 1. The van der Waals surface area contributed by atoms with Crippen molar-refractivity contribution in [3.05, 3.63) is 36.5 Å². The molecule has 1 atom stereocenters. The van der Waals surface area contributed by atoms with Crippen LogP contribution in [0.15, 0.2) is 36.5 Å². The number of benzene rings is 1. The van der Waals surface area contributed by atoms with Crippen LogP contribution in [-0.2, 0) is 9.53 Å². The van der Waals surface area contributed by atoms with Crippen LogP contribution in [0, 0.1) is 0 Å². The van der Waals surface area contributed by atoms with Gasteiger partial charge in [0.15, 0.2) is 0 Å². The van der Waals surface area contributed by atoms with E-state index < -0.39 is 44.7 Å². The first-order valence-corrected chi connectivity index (χ1v) is 11.8. The first-order chi connectivity index (χ1) is 14.4. The van der Waals surface area contributed by atoms with E-state index in [2.05, 4.69) is 11.3 Å². The Morgan fingerprint density at radius 1 is 1.06 bits per heavy atom. The fraction of sp³-hybridized carbons (Fsp3) is 0.526. The molecule has 0 N–H and O–H groups in total. The molecule has 1 amide bonds. The van der Waals surface area contributed by atoms with Crippen molar-refractivity contribution in [1.82, 2.24) is 0 Å². The lowest BCUT2D eigenvalue weighted by Crippen LogP contribution is -2.59. The van der Waals surface area contributed by atoms with E-state index in [4.69, 9.17) is 0 Å². The second-order valence-corrected chi connectivity index (χ2v) is 11.8. The fourth-order valence-corrected chi connectivity index (χ4v) is 6.11. The van der Waals surface area contributed by atoms with Crippen molar-refractivity contribution in [3.8, 4) is 0 Å². The third-order valence-corrected chi connectivity index (χ3v) is 9.87. The summed E-state index contributed by atoms with van der Waals surface area (Å²) in [6.45, 7) is 7.51. The third kappa shape index (κ3) is 6.06. The minimum absolute atomic E-state index is 0.0776. The predicted octanol–water partition coefficient (Wildman–Crippen LogP) is 5.86. The highest BCUT2D eigenvalue weighted by Gasteiger charge is 2.69. The van der Waals surface area contributed by atoms with Crippen molar-refractivity contribution >= 4 is 24.9 Å². The van der Waals surface area contributed by atoms with Gasteiger partial charge in [-0.05, 0) is 12.1 Å². The molecule has 182 valence electrons. The van der Waals surface area contributed by atoms with Crippen LogP contribution in [0.1, 0.15) is 20.3 Å². The second-order valence-electron chi connectivity index (χ2n) is 7.11. The maximum atomic E-state index is 14.6. The van der Waals surface area contributed by atoms with Gasteiger partial charge in [-0.15, -0.1) is 6.58 Å². The zero-order chi connectivity index (χ0) is 25.2. The Labute approximate surface area is 179 Å². The number of alkyl halides is 9. The molecule has 13 heteroatoms. The van der Waals surface area contributed by atoms with Gasteiger partial charge in [0.2, 0.25) is 0 Å². The summed E-state index contributed by atoms with van der Waals surface area (Å²) in [6, 6.07) is 6.73. The molecule has 0 spiro atoms. The smallest absolute Gasteiger partial charge is 0.310 e. The van der Waals surface area contributed by atoms with E-state index in [0.29, 0.717) is 24.3 Å². The van der Waals surface area contributed by atoms with Crippen molar-refractivity contribution in [1.29, 1.82) is 0 Å². The third-order valence-electron chi connectivity index (χ3n) is 5.10. The number of ether oxygens (including phenoxy) is 1. The quantitative estimate of drug-likeness (QED) is 0.317. The van der Waals surface area contributed by atoms with Gasteiger partial charge in [-0.3, -0.25) is 9.53 Å². The summed E-state index contributed by atoms with van der Waals surface area (Å²) in [5.74, 6) is -8.38. The number of likely N-dealkylation sites (N-methyl/N-ethyl adjacent to an activating group) is 1. The van der Waals surface area contributed by atoms with Crippen LogP contribution in [0.2, 0.25) is 12.1 Å². The van der Waals surface area contributed by atoms with E-state index >= 15 is 0 Å². The number of carbonyl (C=O) groups excluding carboxylic acids is 1. The topological polar surface area (TPSA) is 29.5 Å². The van der Waals surface area contributed by atoms with E-state index in [9.17, 15) is 44.3 Å². The molecule has 1 unspecified atom stereocenters. The van der Waals surface area contributed by atoms with E-state index in [1.165, 1.54) is 12.1 Å². The van der Waals surface area contributed by atoms with Gasteiger partial charge in [-0.2, -0.15) is 39.5 Å². The number of amides is 1. The minimum atomic E-state index is -6.39. The SMILES string of the molecule is C=C[Si](CC)(CC)c1cccc(N(C)C(=O)C(F)(OC(F)(F)CC(F)(F)F)C(F)(F)F)c1. The van der Waals surface area contributed by atoms with Gasteiger partial charge in [-0.1, -0.05) is 49.0 Å². The van der Waals surface area contributed by atoms with Crippen molar-refractivity contribution in [3.63, 3.8) is 0 Å². The summed E-state index contributed by atoms with van der Waals surface area (Å²) >= 11 is 0. The Kier molecular flexibility index (Phi) is 8.28. The van der Waals surface area contributed by atoms with Crippen LogP contribution in [-0.4, -0.2) is 45.3 Å².